The topological polar surface area (TPSA) is 64.1 Å². The van der Waals surface area contributed by atoms with Crippen molar-refractivity contribution in [3.05, 3.63) is 59.8 Å². The summed E-state index contributed by atoms with van der Waals surface area (Å²) in [5.74, 6) is 0.953. The molecule has 2 aromatic rings. The van der Waals surface area contributed by atoms with Crippen LogP contribution in [0, 0.1) is 0 Å². The molecule has 0 N–H and O–H groups in total. The van der Waals surface area contributed by atoms with Crippen molar-refractivity contribution in [3.8, 4) is 0 Å². The number of hydrogen-bond acceptors (Lipinski definition) is 6. The van der Waals surface area contributed by atoms with Gasteiger partial charge in [-0.3, -0.25) is 4.79 Å². The van der Waals surface area contributed by atoms with Crippen molar-refractivity contribution in [2.24, 2.45) is 0 Å². The Balaban J connectivity index is 1.23. The second-order valence-electron chi connectivity index (χ2n) is 9.51. The van der Waals surface area contributed by atoms with E-state index in [0.29, 0.717) is 25.3 Å². The minimum Gasteiger partial charge on any atom is -0.378 e. The maximum absolute atomic E-state index is 13.2. The largest absolute Gasteiger partial charge is 0.378 e. The first kappa shape index (κ1) is 23.3. The zero-order valence-corrected chi connectivity index (χ0v) is 20.0. The van der Waals surface area contributed by atoms with Crippen molar-refractivity contribution in [2.75, 3.05) is 50.9 Å². The highest BCUT2D eigenvalue weighted by Crippen LogP contribution is 2.44. The van der Waals surface area contributed by atoms with Gasteiger partial charge < -0.3 is 24.0 Å². The fourth-order valence-corrected chi connectivity index (χ4v) is 5.48. The molecule has 7 nitrogen and oxygen atoms in total. The average Bonchev–Trinajstić information content (AvgIpc) is 2.90. The number of piperidine rings is 1. The SMILES string of the molecule is CCO[C@H]1C[C@@H](c2ccccc2)OC2(CCN(C(=O)c3ccc(N4CCOCC4)nc3)CC2)C1. The molecule has 0 saturated carbocycles. The van der Waals surface area contributed by atoms with Gasteiger partial charge in [-0.15, -0.1) is 0 Å². The molecule has 3 fully saturated rings. The molecule has 7 heteroatoms. The Labute approximate surface area is 202 Å². The lowest BCUT2D eigenvalue weighted by molar-refractivity contribution is -0.190. The van der Waals surface area contributed by atoms with Gasteiger partial charge in [0.2, 0.25) is 0 Å². The number of carbonyl (C=O) groups is 1. The van der Waals surface area contributed by atoms with Crippen LogP contribution >= 0.6 is 0 Å². The van der Waals surface area contributed by atoms with Crippen LogP contribution in [0.4, 0.5) is 5.82 Å². The number of aromatic nitrogens is 1. The number of anilines is 1. The van der Waals surface area contributed by atoms with Gasteiger partial charge in [-0.05, 0) is 37.5 Å². The van der Waals surface area contributed by atoms with Gasteiger partial charge in [-0.1, -0.05) is 30.3 Å². The zero-order valence-electron chi connectivity index (χ0n) is 20.0. The van der Waals surface area contributed by atoms with Crippen LogP contribution in [0.25, 0.3) is 0 Å². The van der Waals surface area contributed by atoms with Crippen LogP contribution in [-0.4, -0.2) is 73.5 Å². The number of hydrogen-bond donors (Lipinski definition) is 0. The monoisotopic (exact) mass is 465 g/mol. The summed E-state index contributed by atoms with van der Waals surface area (Å²) in [5.41, 5.74) is 1.61. The summed E-state index contributed by atoms with van der Waals surface area (Å²) in [6.07, 6.45) is 5.35. The number of rotatable bonds is 5. The van der Waals surface area contributed by atoms with E-state index >= 15 is 0 Å². The van der Waals surface area contributed by atoms with Crippen LogP contribution in [-0.2, 0) is 14.2 Å². The van der Waals surface area contributed by atoms with Gasteiger partial charge in [0.05, 0.1) is 36.6 Å². The molecule has 182 valence electrons. The van der Waals surface area contributed by atoms with Crippen molar-refractivity contribution < 1.29 is 19.0 Å². The smallest absolute Gasteiger partial charge is 0.255 e. The summed E-state index contributed by atoms with van der Waals surface area (Å²) in [4.78, 5) is 21.9. The number of likely N-dealkylation sites (tertiary alicyclic amines) is 1. The predicted molar refractivity (Wildman–Crippen MR) is 130 cm³/mol. The fraction of sp³-hybridized carbons (Fsp3) is 0.556. The van der Waals surface area contributed by atoms with Crippen molar-refractivity contribution >= 4 is 11.7 Å². The first-order valence-corrected chi connectivity index (χ1v) is 12.6. The third-order valence-electron chi connectivity index (χ3n) is 7.33. The van der Waals surface area contributed by atoms with Gasteiger partial charge in [0.1, 0.15) is 5.82 Å². The normalized spacial score (nSPS) is 24.9. The highest BCUT2D eigenvalue weighted by atomic mass is 16.5. The maximum Gasteiger partial charge on any atom is 0.255 e. The first-order valence-electron chi connectivity index (χ1n) is 12.6. The van der Waals surface area contributed by atoms with E-state index in [-0.39, 0.29) is 23.7 Å². The van der Waals surface area contributed by atoms with E-state index in [9.17, 15) is 4.79 Å². The molecule has 1 aromatic carbocycles. The molecule has 1 spiro atoms. The Morgan fingerprint density at radius 2 is 1.85 bits per heavy atom. The Hall–Kier alpha value is -2.48. The molecule has 3 aliphatic rings. The minimum atomic E-state index is -0.242. The summed E-state index contributed by atoms with van der Waals surface area (Å²) in [7, 11) is 0. The standard InChI is InChI=1S/C27H35N3O4/c1-2-33-23-18-24(21-6-4-3-5-7-21)34-27(19-23)10-12-30(13-11-27)26(31)22-8-9-25(28-20-22)29-14-16-32-17-15-29/h3-9,20,23-24H,2,10-19H2,1H3/t23-,24-/m0/s1. The van der Waals surface area contributed by atoms with Crippen LogP contribution in [0.3, 0.4) is 0 Å². The van der Waals surface area contributed by atoms with E-state index < -0.39 is 0 Å². The number of carbonyl (C=O) groups excluding carboxylic acids is 1. The molecule has 0 radical (unpaired) electrons. The first-order chi connectivity index (χ1) is 16.7. The number of benzene rings is 1. The average molecular weight is 466 g/mol. The molecule has 0 bridgehead atoms. The predicted octanol–water partition coefficient (Wildman–Crippen LogP) is 3.85. The Bertz CT molecular complexity index is 938. The van der Waals surface area contributed by atoms with Gasteiger partial charge in [-0.25, -0.2) is 4.98 Å². The molecule has 3 saturated heterocycles. The number of morpholine rings is 1. The lowest BCUT2D eigenvalue weighted by atomic mass is 9.80. The number of nitrogens with zero attached hydrogens (tertiary/aromatic N) is 3. The van der Waals surface area contributed by atoms with E-state index in [1.807, 2.05) is 23.1 Å². The fourth-order valence-electron chi connectivity index (χ4n) is 5.48. The molecule has 1 aromatic heterocycles. The van der Waals surface area contributed by atoms with Crippen LogP contribution in [0.2, 0.25) is 0 Å². The van der Waals surface area contributed by atoms with E-state index in [4.69, 9.17) is 14.2 Å². The van der Waals surface area contributed by atoms with Crippen molar-refractivity contribution in [3.63, 3.8) is 0 Å². The lowest BCUT2D eigenvalue weighted by Crippen LogP contribution is -2.52. The Kier molecular flexibility index (Phi) is 7.13. The number of ether oxygens (including phenoxy) is 3. The minimum absolute atomic E-state index is 0.0330. The van der Waals surface area contributed by atoms with Crippen LogP contribution in [0.1, 0.15) is 54.6 Å². The zero-order chi connectivity index (χ0) is 23.4. The third-order valence-corrected chi connectivity index (χ3v) is 7.33. The van der Waals surface area contributed by atoms with Crippen molar-refractivity contribution in [1.29, 1.82) is 0 Å². The number of amides is 1. The van der Waals surface area contributed by atoms with Crippen LogP contribution < -0.4 is 4.90 Å². The third kappa shape index (κ3) is 5.11. The summed E-state index contributed by atoms with van der Waals surface area (Å²) in [5, 5.41) is 0. The molecule has 0 aliphatic carbocycles. The van der Waals surface area contributed by atoms with E-state index in [1.165, 1.54) is 5.56 Å². The molecule has 1 amide bonds. The summed E-state index contributed by atoms with van der Waals surface area (Å²) in [6.45, 7) is 7.24. The van der Waals surface area contributed by atoms with Gasteiger partial charge in [0.15, 0.2) is 0 Å². The quantitative estimate of drug-likeness (QED) is 0.668. The van der Waals surface area contributed by atoms with Gasteiger partial charge in [0.25, 0.3) is 5.91 Å². The van der Waals surface area contributed by atoms with Crippen molar-refractivity contribution in [2.45, 2.75) is 50.4 Å². The van der Waals surface area contributed by atoms with Gasteiger partial charge in [0, 0.05) is 51.8 Å². The molecule has 0 unspecified atom stereocenters. The highest BCUT2D eigenvalue weighted by Gasteiger charge is 2.45. The summed E-state index contributed by atoms with van der Waals surface area (Å²) >= 11 is 0. The molecule has 34 heavy (non-hydrogen) atoms. The van der Waals surface area contributed by atoms with Crippen LogP contribution in [0.5, 0.6) is 0 Å². The summed E-state index contributed by atoms with van der Waals surface area (Å²) < 4.78 is 18.2. The van der Waals surface area contributed by atoms with Gasteiger partial charge in [-0.2, -0.15) is 0 Å². The van der Waals surface area contributed by atoms with Gasteiger partial charge >= 0.3 is 0 Å². The van der Waals surface area contributed by atoms with Crippen LogP contribution in [0.15, 0.2) is 48.7 Å². The molecule has 4 heterocycles. The number of pyridine rings is 1. The summed E-state index contributed by atoms with van der Waals surface area (Å²) in [6, 6.07) is 14.3. The second kappa shape index (κ2) is 10.4. The molecular formula is C27H35N3O4. The Morgan fingerprint density at radius 3 is 2.53 bits per heavy atom. The molecular weight excluding hydrogens is 430 g/mol. The van der Waals surface area contributed by atoms with E-state index in [1.54, 1.807) is 6.20 Å². The maximum atomic E-state index is 13.2. The highest BCUT2D eigenvalue weighted by molar-refractivity contribution is 5.94. The van der Waals surface area contributed by atoms with E-state index in [0.717, 1.165) is 57.8 Å². The van der Waals surface area contributed by atoms with Crippen molar-refractivity contribution in [1.82, 2.24) is 9.88 Å². The molecule has 3 aliphatic heterocycles. The molecule has 2 atom stereocenters. The Morgan fingerprint density at radius 1 is 1.09 bits per heavy atom. The van der Waals surface area contributed by atoms with E-state index in [2.05, 4.69) is 41.1 Å². The lowest BCUT2D eigenvalue weighted by Gasteiger charge is -2.48. The second-order valence-corrected chi connectivity index (χ2v) is 9.51. The molecule has 5 rings (SSSR count).